The van der Waals surface area contributed by atoms with Crippen molar-refractivity contribution in [3.63, 3.8) is 0 Å². The van der Waals surface area contributed by atoms with Gasteiger partial charge in [-0.1, -0.05) is 44.5 Å². The summed E-state index contributed by atoms with van der Waals surface area (Å²) < 4.78 is 0. The quantitative estimate of drug-likeness (QED) is 0.645. The van der Waals surface area contributed by atoms with Crippen LogP contribution in [0.3, 0.4) is 0 Å². The predicted octanol–water partition coefficient (Wildman–Crippen LogP) is 4.25. The molecular formula is C20H27N3O2S. The third-order valence-corrected chi connectivity index (χ3v) is 4.93. The molecule has 0 bridgehead atoms. The normalized spacial score (nSPS) is 11.8. The van der Waals surface area contributed by atoms with Crippen LogP contribution in [0.1, 0.15) is 45.6 Å². The Kier molecular flexibility index (Phi) is 7.78. The van der Waals surface area contributed by atoms with E-state index in [2.05, 4.69) is 34.7 Å². The second kappa shape index (κ2) is 10.1. The molecule has 6 heteroatoms. The Morgan fingerprint density at radius 2 is 1.96 bits per heavy atom. The lowest BCUT2D eigenvalue weighted by Crippen LogP contribution is -2.21. The second-order valence-electron chi connectivity index (χ2n) is 6.50. The Bertz CT molecular complexity index is 725. The fourth-order valence-corrected chi connectivity index (χ4v) is 3.38. The van der Waals surface area contributed by atoms with Crippen LogP contribution in [0.4, 0.5) is 5.13 Å². The first-order chi connectivity index (χ1) is 12.5. The standard InChI is InChI=1S/C20H27N3O2S/c1-4-6-14(2)19(25)23-20-22-18(13-26-20)17-10-8-16(9-11-17)7-5-12-21-15(3)24/h8-11,13-14H,4-7,12H2,1-3H3,(H,21,24)(H,22,23,25). The van der Waals surface area contributed by atoms with Crippen LogP contribution in [0.5, 0.6) is 0 Å². The van der Waals surface area contributed by atoms with E-state index in [1.54, 1.807) is 0 Å². The van der Waals surface area contributed by atoms with Gasteiger partial charge in [0.25, 0.3) is 0 Å². The highest BCUT2D eigenvalue weighted by atomic mass is 32.1. The Balaban J connectivity index is 1.90. The molecule has 2 N–H and O–H groups in total. The average Bonchev–Trinajstić information content (AvgIpc) is 3.07. The topological polar surface area (TPSA) is 71.1 Å². The molecule has 5 nitrogen and oxygen atoms in total. The summed E-state index contributed by atoms with van der Waals surface area (Å²) >= 11 is 1.45. The average molecular weight is 374 g/mol. The number of amides is 2. The van der Waals surface area contributed by atoms with Gasteiger partial charge in [-0.15, -0.1) is 11.3 Å². The molecule has 2 amide bonds. The van der Waals surface area contributed by atoms with Gasteiger partial charge in [0, 0.05) is 30.3 Å². The van der Waals surface area contributed by atoms with Crippen molar-refractivity contribution in [2.45, 2.75) is 46.5 Å². The largest absolute Gasteiger partial charge is 0.356 e. The highest BCUT2D eigenvalue weighted by molar-refractivity contribution is 7.14. The summed E-state index contributed by atoms with van der Waals surface area (Å²) in [5.41, 5.74) is 3.14. The van der Waals surface area contributed by atoms with E-state index in [4.69, 9.17) is 0 Å². The number of carbonyl (C=O) groups is 2. The molecule has 0 aliphatic carbocycles. The van der Waals surface area contributed by atoms with E-state index in [9.17, 15) is 9.59 Å². The first kappa shape index (κ1) is 20.1. The van der Waals surface area contributed by atoms with Crippen molar-refractivity contribution in [2.24, 2.45) is 5.92 Å². The van der Waals surface area contributed by atoms with Crippen molar-refractivity contribution in [1.29, 1.82) is 0 Å². The molecule has 0 saturated carbocycles. The van der Waals surface area contributed by atoms with Crippen molar-refractivity contribution < 1.29 is 9.59 Å². The van der Waals surface area contributed by atoms with Gasteiger partial charge in [-0.05, 0) is 24.8 Å². The molecule has 2 aromatic rings. The number of hydrogen-bond acceptors (Lipinski definition) is 4. The molecule has 0 saturated heterocycles. The summed E-state index contributed by atoms with van der Waals surface area (Å²) in [5.74, 6) is 0.0438. The Hall–Kier alpha value is -2.21. The summed E-state index contributed by atoms with van der Waals surface area (Å²) in [6.45, 7) is 6.25. The van der Waals surface area contributed by atoms with E-state index in [0.29, 0.717) is 11.7 Å². The maximum absolute atomic E-state index is 12.1. The van der Waals surface area contributed by atoms with Gasteiger partial charge in [-0.3, -0.25) is 9.59 Å². The molecule has 1 aromatic carbocycles. The molecule has 1 atom stereocenters. The van der Waals surface area contributed by atoms with Crippen LogP contribution >= 0.6 is 11.3 Å². The number of aryl methyl sites for hydroxylation is 1. The Labute approximate surface area is 159 Å². The van der Waals surface area contributed by atoms with E-state index in [0.717, 1.165) is 36.9 Å². The minimum absolute atomic E-state index is 0.00382. The van der Waals surface area contributed by atoms with Crippen LogP contribution in [-0.2, 0) is 16.0 Å². The maximum Gasteiger partial charge on any atom is 0.228 e. The van der Waals surface area contributed by atoms with Crippen molar-refractivity contribution in [1.82, 2.24) is 10.3 Å². The summed E-state index contributed by atoms with van der Waals surface area (Å²) in [5, 5.41) is 8.32. The fourth-order valence-electron chi connectivity index (χ4n) is 2.66. The number of rotatable bonds is 9. The van der Waals surface area contributed by atoms with E-state index in [-0.39, 0.29) is 17.7 Å². The molecule has 140 valence electrons. The number of nitrogens with one attached hydrogen (secondary N) is 2. The van der Waals surface area contributed by atoms with Gasteiger partial charge in [0.2, 0.25) is 11.8 Å². The van der Waals surface area contributed by atoms with Gasteiger partial charge in [0.15, 0.2) is 5.13 Å². The van der Waals surface area contributed by atoms with E-state index < -0.39 is 0 Å². The molecule has 0 spiro atoms. The van der Waals surface area contributed by atoms with E-state index in [1.807, 2.05) is 24.4 Å². The molecule has 1 aromatic heterocycles. The van der Waals surface area contributed by atoms with Gasteiger partial charge < -0.3 is 10.6 Å². The molecule has 2 rings (SSSR count). The molecule has 1 unspecified atom stereocenters. The van der Waals surface area contributed by atoms with Crippen LogP contribution in [0.2, 0.25) is 0 Å². The smallest absolute Gasteiger partial charge is 0.228 e. The van der Waals surface area contributed by atoms with Gasteiger partial charge in [0.05, 0.1) is 5.69 Å². The van der Waals surface area contributed by atoms with Crippen LogP contribution in [-0.4, -0.2) is 23.3 Å². The molecular weight excluding hydrogens is 346 g/mol. The lowest BCUT2D eigenvalue weighted by molar-refractivity contribution is -0.120. The number of aromatic nitrogens is 1. The zero-order valence-electron chi connectivity index (χ0n) is 15.7. The highest BCUT2D eigenvalue weighted by Gasteiger charge is 2.14. The Morgan fingerprint density at radius 3 is 2.62 bits per heavy atom. The predicted molar refractivity (Wildman–Crippen MR) is 107 cm³/mol. The number of hydrogen-bond donors (Lipinski definition) is 2. The maximum atomic E-state index is 12.1. The minimum atomic E-state index is 0.00382. The lowest BCUT2D eigenvalue weighted by atomic mass is 10.1. The number of anilines is 1. The summed E-state index contributed by atoms with van der Waals surface area (Å²) in [4.78, 5) is 27.5. The summed E-state index contributed by atoms with van der Waals surface area (Å²) in [7, 11) is 0. The van der Waals surface area contributed by atoms with Gasteiger partial charge in [-0.25, -0.2) is 4.98 Å². The van der Waals surface area contributed by atoms with E-state index >= 15 is 0 Å². The molecule has 1 heterocycles. The third-order valence-electron chi connectivity index (χ3n) is 4.17. The first-order valence-electron chi connectivity index (χ1n) is 9.09. The molecule has 0 fully saturated rings. The number of nitrogens with zero attached hydrogens (tertiary/aromatic N) is 1. The number of benzene rings is 1. The van der Waals surface area contributed by atoms with Gasteiger partial charge in [0.1, 0.15) is 0 Å². The first-order valence-corrected chi connectivity index (χ1v) is 9.97. The highest BCUT2D eigenvalue weighted by Crippen LogP contribution is 2.26. The van der Waals surface area contributed by atoms with Crippen molar-refractivity contribution >= 4 is 28.3 Å². The van der Waals surface area contributed by atoms with Gasteiger partial charge in [-0.2, -0.15) is 0 Å². The number of thiazole rings is 1. The summed E-state index contributed by atoms with van der Waals surface area (Å²) in [6.07, 6.45) is 3.72. The zero-order chi connectivity index (χ0) is 18.9. The lowest BCUT2D eigenvalue weighted by Gasteiger charge is -2.08. The van der Waals surface area contributed by atoms with Crippen LogP contribution in [0.25, 0.3) is 11.3 Å². The minimum Gasteiger partial charge on any atom is -0.356 e. The molecule has 0 aliphatic heterocycles. The second-order valence-corrected chi connectivity index (χ2v) is 7.36. The van der Waals surface area contributed by atoms with Crippen LogP contribution in [0.15, 0.2) is 29.6 Å². The van der Waals surface area contributed by atoms with Crippen molar-refractivity contribution in [2.75, 3.05) is 11.9 Å². The SMILES string of the molecule is CCCC(C)C(=O)Nc1nc(-c2ccc(CCCNC(C)=O)cc2)cs1. The third kappa shape index (κ3) is 6.26. The molecule has 0 aliphatic rings. The number of carbonyl (C=O) groups excluding carboxylic acids is 2. The monoisotopic (exact) mass is 373 g/mol. The fraction of sp³-hybridized carbons (Fsp3) is 0.450. The van der Waals surface area contributed by atoms with Gasteiger partial charge >= 0.3 is 0 Å². The van der Waals surface area contributed by atoms with Crippen LogP contribution < -0.4 is 10.6 Å². The Morgan fingerprint density at radius 1 is 1.23 bits per heavy atom. The van der Waals surface area contributed by atoms with E-state index in [1.165, 1.54) is 23.8 Å². The zero-order valence-corrected chi connectivity index (χ0v) is 16.5. The molecule has 0 radical (unpaired) electrons. The van der Waals surface area contributed by atoms with Crippen LogP contribution in [0, 0.1) is 5.92 Å². The van der Waals surface area contributed by atoms with Crippen molar-refractivity contribution in [3.05, 3.63) is 35.2 Å². The summed E-state index contributed by atoms with van der Waals surface area (Å²) in [6, 6.07) is 8.27. The van der Waals surface area contributed by atoms with Crippen molar-refractivity contribution in [3.8, 4) is 11.3 Å². The molecule has 26 heavy (non-hydrogen) atoms.